The summed E-state index contributed by atoms with van der Waals surface area (Å²) >= 11 is 3.42. The van der Waals surface area contributed by atoms with Crippen LogP contribution in [0.15, 0.2) is 45.9 Å². The number of amides is 1. The van der Waals surface area contributed by atoms with Crippen LogP contribution in [-0.4, -0.2) is 52.5 Å². The molecule has 3 rings (SSSR count). The third kappa shape index (κ3) is 6.11. The molecule has 9 heteroatoms. The Bertz CT molecular complexity index is 902. The van der Waals surface area contributed by atoms with Crippen molar-refractivity contribution in [1.82, 2.24) is 5.32 Å². The Balaban J connectivity index is 1.82. The molecule has 1 heterocycles. The molecule has 8 nitrogen and oxygen atoms in total. The Kier molecular flexibility index (Phi) is 8.13. The van der Waals surface area contributed by atoms with E-state index in [2.05, 4.69) is 31.6 Å². The largest absolute Gasteiger partial charge is 0.493 e. The maximum atomic E-state index is 13.0. The first-order valence-corrected chi connectivity index (χ1v) is 10.6. The number of hydrogen-bond acceptors (Lipinski definition) is 6. The van der Waals surface area contributed by atoms with E-state index in [9.17, 15) is 4.79 Å². The molecule has 1 amide bonds. The number of nitrogens with one attached hydrogen (secondary N) is 2. The number of nitrogens with zero attached hydrogens (tertiary/aromatic N) is 1. The van der Waals surface area contributed by atoms with Crippen molar-refractivity contribution in [3.05, 3.63) is 46.4 Å². The molecule has 0 aromatic heterocycles. The summed E-state index contributed by atoms with van der Waals surface area (Å²) in [6.45, 7) is 1.20. The molecule has 1 aliphatic rings. The number of benzene rings is 2. The van der Waals surface area contributed by atoms with Gasteiger partial charge in [-0.15, -0.1) is 0 Å². The maximum absolute atomic E-state index is 13.0. The van der Waals surface area contributed by atoms with Crippen LogP contribution in [0.5, 0.6) is 17.2 Å². The molecule has 2 N–H and O–H groups in total. The van der Waals surface area contributed by atoms with E-state index in [1.54, 1.807) is 12.1 Å². The molecule has 0 bridgehead atoms. The van der Waals surface area contributed by atoms with Gasteiger partial charge in [0.2, 0.25) is 11.7 Å². The van der Waals surface area contributed by atoms with E-state index in [0.29, 0.717) is 35.3 Å². The molecular formula is C22H26BrN3O5. The normalized spacial score (nSPS) is 16.0. The van der Waals surface area contributed by atoms with E-state index >= 15 is 0 Å². The maximum Gasteiger partial charge on any atom is 0.258 e. The van der Waals surface area contributed by atoms with Crippen LogP contribution in [0.2, 0.25) is 0 Å². The molecule has 0 saturated carbocycles. The molecule has 0 aliphatic carbocycles. The van der Waals surface area contributed by atoms with Gasteiger partial charge in [-0.2, -0.15) is 0 Å². The lowest BCUT2D eigenvalue weighted by Gasteiger charge is -2.16. The van der Waals surface area contributed by atoms with Crippen LogP contribution in [0.4, 0.5) is 5.69 Å². The standard InChI is InChI=1S/C22H26BrN3O5/c1-28-18-11-14(12-19(29-2)20(18)30-3)21(27)26-22(24-13-17-5-4-10-31-17)25-16-8-6-15(23)7-9-16/h6-9,11-12,17H,4-5,10,13H2,1-3H3,(H2,24,25,26,27)/t17-/m1/s1. The lowest BCUT2D eigenvalue weighted by atomic mass is 10.1. The number of rotatable bonds is 7. The summed E-state index contributed by atoms with van der Waals surface area (Å²) in [5.41, 5.74) is 1.14. The molecule has 2 aromatic carbocycles. The van der Waals surface area contributed by atoms with Gasteiger partial charge in [-0.1, -0.05) is 15.9 Å². The SMILES string of the molecule is COc1cc(C(=O)NC(=NC[C@H]2CCCO2)Nc2ccc(Br)cc2)cc(OC)c1OC. The highest BCUT2D eigenvalue weighted by Crippen LogP contribution is 2.38. The van der Waals surface area contributed by atoms with Crippen molar-refractivity contribution in [1.29, 1.82) is 0 Å². The first kappa shape index (κ1) is 22.9. The van der Waals surface area contributed by atoms with Crippen LogP contribution >= 0.6 is 15.9 Å². The fourth-order valence-corrected chi connectivity index (χ4v) is 3.42. The number of carbonyl (C=O) groups is 1. The van der Waals surface area contributed by atoms with Gasteiger partial charge in [0.1, 0.15) is 0 Å². The second-order valence-corrected chi connectivity index (χ2v) is 7.74. The molecule has 1 atom stereocenters. The summed E-state index contributed by atoms with van der Waals surface area (Å²) in [6, 6.07) is 10.8. The van der Waals surface area contributed by atoms with Gasteiger partial charge in [-0.05, 0) is 49.2 Å². The number of methoxy groups -OCH3 is 3. The molecule has 0 spiro atoms. The molecular weight excluding hydrogens is 466 g/mol. The Morgan fingerprint density at radius 2 is 1.81 bits per heavy atom. The van der Waals surface area contributed by atoms with Crippen LogP contribution in [0.3, 0.4) is 0 Å². The summed E-state index contributed by atoms with van der Waals surface area (Å²) < 4.78 is 22.6. The minimum atomic E-state index is -0.366. The van der Waals surface area contributed by atoms with Crippen molar-refractivity contribution >= 4 is 33.5 Å². The Labute approximate surface area is 190 Å². The lowest BCUT2D eigenvalue weighted by Crippen LogP contribution is -2.36. The van der Waals surface area contributed by atoms with Crippen molar-refractivity contribution in [2.45, 2.75) is 18.9 Å². The Morgan fingerprint density at radius 3 is 2.35 bits per heavy atom. The number of carbonyl (C=O) groups excluding carboxylic acids is 1. The van der Waals surface area contributed by atoms with Gasteiger partial charge < -0.3 is 24.3 Å². The smallest absolute Gasteiger partial charge is 0.258 e. The highest BCUT2D eigenvalue weighted by Gasteiger charge is 2.19. The second kappa shape index (κ2) is 11.0. The predicted octanol–water partition coefficient (Wildman–Crippen LogP) is 3.85. The molecule has 0 radical (unpaired) electrons. The number of hydrogen-bond donors (Lipinski definition) is 2. The fourth-order valence-electron chi connectivity index (χ4n) is 3.15. The van der Waals surface area contributed by atoms with Gasteiger partial charge in [0.25, 0.3) is 5.91 Å². The third-order valence-corrected chi connectivity index (χ3v) is 5.27. The number of aliphatic imine (C=N–C) groups is 1. The lowest BCUT2D eigenvalue weighted by molar-refractivity contribution is 0.0974. The van der Waals surface area contributed by atoms with E-state index in [1.165, 1.54) is 21.3 Å². The van der Waals surface area contributed by atoms with Crippen LogP contribution in [-0.2, 0) is 4.74 Å². The number of anilines is 1. The van der Waals surface area contributed by atoms with Crippen molar-refractivity contribution in [3.8, 4) is 17.2 Å². The van der Waals surface area contributed by atoms with Gasteiger partial charge >= 0.3 is 0 Å². The van der Waals surface area contributed by atoms with Crippen molar-refractivity contribution in [2.75, 3.05) is 39.8 Å². The Morgan fingerprint density at radius 1 is 1.13 bits per heavy atom. The van der Waals surface area contributed by atoms with Crippen LogP contribution < -0.4 is 24.8 Å². The Hall–Kier alpha value is -2.78. The monoisotopic (exact) mass is 491 g/mol. The molecule has 166 valence electrons. The van der Waals surface area contributed by atoms with Crippen LogP contribution in [0.1, 0.15) is 23.2 Å². The highest BCUT2D eigenvalue weighted by molar-refractivity contribution is 9.10. The molecule has 0 unspecified atom stereocenters. The summed E-state index contributed by atoms with van der Waals surface area (Å²) in [7, 11) is 4.52. The van der Waals surface area contributed by atoms with E-state index < -0.39 is 0 Å². The van der Waals surface area contributed by atoms with Crippen molar-refractivity contribution in [3.63, 3.8) is 0 Å². The summed E-state index contributed by atoms with van der Waals surface area (Å²) in [4.78, 5) is 17.6. The van der Waals surface area contributed by atoms with Gasteiger partial charge in [-0.25, -0.2) is 4.99 Å². The highest BCUT2D eigenvalue weighted by atomic mass is 79.9. The summed E-state index contributed by atoms with van der Waals surface area (Å²) in [5.74, 6) is 1.17. The van der Waals surface area contributed by atoms with Crippen LogP contribution in [0, 0.1) is 0 Å². The first-order chi connectivity index (χ1) is 15.0. The number of guanidine groups is 1. The zero-order valence-electron chi connectivity index (χ0n) is 17.7. The average Bonchev–Trinajstić information content (AvgIpc) is 3.31. The van der Waals surface area contributed by atoms with Gasteiger partial charge in [0.15, 0.2) is 11.5 Å². The van der Waals surface area contributed by atoms with Gasteiger partial charge in [0, 0.05) is 22.3 Å². The molecule has 2 aromatic rings. The number of ether oxygens (including phenoxy) is 4. The van der Waals surface area contributed by atoms with E-state index in [-0.39, 0.29) is 12.0 Å². The predicted molar refractivity (Wildman–Crippen MR) is 123 cm³/mol. The molecule has 1 fully saturated rings. The average molecular weight is 492 g/mol. The molecule has 31 heavy (non-hydrogen) atoms. The van der Waals surface area contributed by atoms with Crippen molar-refractivity contribution in [2.24, 2.45) is 4.99 Å². The second-order valence-electron chi connectivity index (χ2n) is 6.82. The first-order valence-electron chi connectivity index (χ1n) is 9.84. The van der Waals surface area contributed by atoms with E-state index in [0.717, 1.165) is 29.6 Å². The summed E-state index contributed by atoms with van der Waals surface area (Å²) in [5, 5.41) is 6.01. The third-order valence-electron chi connectivity index (χ3n) is 4.74. The molecule has 1 aliphatic heterocycles. The minimum Gasteiger partial charge on any atom is -0.493 e. The number of halogens is 1. The zero-order chi connectivity index (χ0) is 22.2. The van der Waals surface area contributed by atoms with Gasteiger partial charge in [0.05, 0.1) is 34.0 Å². The minimum absolute atomic E-state index is 0.0554. The van der Waals surface area contributed by atoms with E-state index in [1.807, 2.05) is 24.3 Å². The van der Waals surface area contributed by atoms with Crippen LogP contribution in [0.25, 0.3) is 0 Å². The topological polar surface area (TPSA) is 90.4 Å². The quantitative estimate of drug-likeness (QED) is 0.451. The summed E-state index contributed by atoms with van der Waals surface area (Å²) in [6.07, 6.45) is 2.03. The molecule has 1 saturated heterocycles. The van der Waals surface area contributed by atoms with Crippen molar-refractivity contribution < 1.29 is 23.7 Å². The fraction of sp³-hybridized carbons (Fsp3) is 0.364. The van der Waals surface area contributed by atoms with Gasteiger partial charge in [-0.3, -0.25) is 10.1 Å². The zero-order valence-corrected chi connectivity index (χ0v) is 19.3. The van der Waals surface area contributed by atoms with E-state index in [4.69, 9.17) is 18.9 Å².